The van der Waals surface area contributed by atoms with E-state index in [1.807, 2.05) is 0 Å². The first-order chi connectivity index (χ1) is 9.63. The molecule has 2 aromatic rings. The fraction of sp³-hybridized carbons (Fsp3) is 0.286. The van der Waals surface area contributed by atoms with Crippen LogP contribution in [-0.2, 0) is 12.8 Å². The molecule has 0 saturated heterocycles. The summed E-state index contributed by atoms with van der Waals surface area (Å²) >= 11 is 1.47. The summed E-state index contributed by atoms with van der Waals surface area (Å²) < 4.78 is 13.6. The highest BCUT2D eigenvalue weighted by Gasteiger charge is 2.18. The number of nitrogens with two attached hydrogens (primary N) is 1. The highest BCUT2D eigenvalue weighted by molar-refractivity contribution is 7.15. The van der Waals surface area contributed by atoms with E-state index in [0.717, 1.165) is 31.4 Å². The number of thiazole rings is 1. The molecule has 1 aromatic heterocycles. The first kappa shape index (κ1) is 13.1. The van der Waals surface area contributed by atoms with Gasteiger partial charge in [0.25, 0.3) is 5.91 Å². The van der Waals surface area contributed by atoms with Crippen molar-refractivity contribution in [2.75, 3.05) is 11.1 Å². The number of aromatic nitrogens is 1. The molecule has 0 unspecified atom stereocenters. The molecule has 0 atom stereocenters. The average molecular weight is 291 g/mol. The highest BCUT2D eigenvalue weighted by Crippen LogP contribution is 2.29. The molecule has 1 heterocycles. The Kier molecular flexibility index (Phi) is 3.40. The molecule has 6 heteroatoms. The predicted molar refractivity (Wildman–Crippen MR) is 77.5 cm³/mol. The Morgan fingerprint density at radius 2 is 2.15 bits per heavy atom. The van der Waals surface area contributed by atoms with Crippen LogP contribution in [0.5, 0.6) is 0 Å². The van der Waals surface area contributed by atoms with E-state index in [2.05, 4.69) is 10.3 Å². The number of rotatable bonds is 2. The van der Waals surface area contributed by atoms with Gasteiger partial charge in [0.1, 0.15) is 5.82 Å². The van der Waals surface area contributed by atoms with Gasteiger partial charge in [-0.3, -0.25) is 10.1 Å². The van der Waals surface area contributed by atoms with Crippen molar-refractivity contribution in [3.8, 4) is 0 Å². The summed E-state index contributed by atoms with van der Waals surface area (Å²) in [7, 11) is 0. The zero-order valence-corrected chi connectivity index (χ0v) is 11.6. The second-order valence-electron chi connectivity index (χ2n) is 4.79. The van der Waals surface area contributed by atoms with Crippen LogP contribution < -0.4 is 11.1 Å². The topological polar surface area (TPSA) is 68.0 Å². The van der Waals surface area contributed by atoms with Gasteiger partial charge >= 0.3 is 0 Å². The maximum absolute atomic E-state index is 13.6. The average Bonchev–Trinajstić information content (AvgIpc) is 2.83. The predicted octanol–water partition coefficient (Wildman–Crippen LogP) is 3.00. The molecule has 3 N–H and O–H groups in total. The van der Waals surface area contributed by atoms with Gasteiger partial charge in [-0.25, -0.2) is 9.37 Å². The number of nitrogens with one attached hydrogen (secondary N) is 1. The number of amides is 1. The van der Waals surface area contributed by atoms with Crippen LogP contribution >= 0.6 is 11.3 Å². The number of hydrogen-bond acceptors (Lipinski definition) is 4. The second kappa shape index (κ2) is 5.20. The molecular formula is C14H14FN3OS. The molecule has 1 aromatic carbocycles. The fourth-order valence-corrected chi connectivity index (χ4v) is 3.33. The van der Waals surface area contributed by atoms with Crippen molar-refractivity contribution in [3.63, 3.8) is 0 Å². The van der Waals surface area contributed by atoms with E-state index >= 15 is 0 Å². The maximum Gasteiger partial charge on any atom is 0.260 e. The molecule has 1 amide bonds. The summed E-state index contributed by atoms with van der Waals surface area (Å²) in [6, 6.07) is 3.95. The van der Waals surface area contributed by atoms with Crippen LogP contribution in [0.3, 0.4) is 0 Å². The summed E-state index contributed by atoms with van der Waals surface area (Å²) in [5, 5.41) is 3.19. The molecule has 20 heavy (non-hydrogen) atoms. The van der Waals surface area contributed by atoms with Crippen LogP contribution in [-0.4, -0.2) is 10.9 Å². The minimum Gasteiger partial charge on any atom is -0.399 e. The minimum absolute atomic E-state index is 0.0572. The molecule has 0 fully saturated rings. The third kappa shape index (κ3) is 2.51. The first-order valence-electron chi connectivity index (χ1n) is 6.48. The van der Waals surface area contributed by atoms with Gasteiger partial charge in [-0.15, -0.1) is 11.3 Å². The van der Waals surface area contributed by atoms with Crippen molar-refractivity contribution >= 4 is 28.1 Å². The van der Waals surface area contributed by atoms with E-state index in [0.29, 0.717) is 10.8 Å². The van der Waals surface area contributed by atoms with Gasteiger partial charge in [-0.2, -0.15) is 0 Å². The lowest BCUT2D eigenvalue weighted by Crippen LogP contribution is -2.14. The number of nitrogens with zero attached hydrogens (tertiary/aromatic N) is 1. The Morgan fingerprint density at radius 1 is 1.35 bits per heavy atom. The molecule has 1 aliphatic rings. The maximum atomic E-state index is 13.6. The fourth-order valence-electron chi connectivity index (χ4n) is 2.29. The van der Waals surface area contributed by atoms with Crippen molar-refractivity contribution in [2.45, 2.75) is 25.7 Å². The van der Waals surface area contributed by atoms with Crippen LogP contribution in [0.1, 0.15) is 33.8 Å². The number of carbonyl (C=O) groups excluding carboxylic acids is 1. The van der Waals surface area contributed by atoms with Gasteiger partial charge < -0.3 is 5.73 Å². The first-order valence-corrected chi connectivity index (χ1v) is 7.30. The normalized spacial score (nSPS) is 13.8. The molecule has 0 radical (unpaired) electrons. The number of carbonyl (C=O) groups is 1. The Labute approximate surface area is 119 Å². The molecule has 0 spiro atoms. The number of benzene rings is 1. The highest BCUT2D eigenvalue weighted by atomic mass is 32.1. The van der Waals surface area contributed by atoms with Crippen LogP contribution in [0.25, 0.3) is 0 Å². The summed E-state index contributed by atoms with van der Waals surface area (Å²) in [6.45, 7) is 0. The zero-order chi connectivity index (χ0) is 14.1. The van der Waals surface area contributed by atoms with Crippen LogP contribution in [0.2, 0.25) is 0 Å². The lowest BCUT2D eigenvalue weighted by Gasteiger charge is -2.06. The van der Waals surface area contributed by atoms with Crippen molar-refractivity contribution in [1.82, 2.24) is 4.98 Å². The third-order valence-electron chi connectivity index (χ3n) is 3.30. The SMILES string of the molecule is Nc1ccc(F)c(C(=O)Nc2nc3c(s2)CCCC3)c1. The number of hydrogen-bond donors (Lipinski definition) is 2. The van der Waals surface area contributed by atoms with E-state index < -0.39 is 11.7 Å². The molecule has 0 saturated carbocycles. The lowest BCUT2D eigenvalue weighted by molar-refractivity contribution is 0.102. The van der Waals surface area contributed by atoms with E-state index in [4.69, 9.17) is 5.73 Å². The quantitative estimate of drug-likeness (QED) is 0.836. The molecule has 104 valence electrons. The standard InChI is InChI=1S/C14H14FN3OS/c15-10-6-5-8(16)7-9(10)13(19)18-14-17-11-3-1-2-4-12(11)20-14/h5-7H,1-4,16H2,(H,17,18,19). The largest absolute Gasteiger partial charge is 0.399 e. The van der Waals surface area contributed by atoms with E-state index in [1.54, 1.807) is 0 Å². The van der Waals surface area contributed by atoms with Crippen molar-refractivity contribution in [1.29, 1.82) is 0 Å². The molecular weight excluding hydrogens is 277 g/mol. The zero-order valence-electron chi connectivity index (χ0n) is 10.8. The van der Waals surface area contributed by atoms with Gasteiger partial charge in [-0.1, -0.05) is 0 Å². The number of nitrogen functional groups attached to an aromatic ring is 1. The van der Waals surface area contributed by atoms with Gasteiger partial charge in [0.15, 0.2) is 5.13 Å². The van der Waals surface area contributed by atoms with Gasteiger partial charge in [0.05, 0.1) is 11.3 Å². The monoisotopic (exact) mass is 291 g/mol. The van der Waals surface area contributed by atoms with Crippen molar-refractivity contribution < 1.29 is 9.18 Å². The summed E-state index contributed by atoms with van der Waals surface area (Å²) in [5.41, 5.74) is 6.94. The third-order valence-corrected chi connectivity index (χ3v) is 4.37. The molecule has 0 bridgehead atoms. The van der Waals surface area contributed by atoms with Crippen molar-refractivity contribution in [2.24, 2.45) is 0 Å². The van der Waals surface area contributed by atoms with Gasteiger partial charge in [0, 0.05) is 10.6 Å². The Balaban J connectivity index is 1.82. The molecule has 4 nitrogen and oxygen atoms in total. The Hall–Kier alpha value is -1.95. The minimum atomic E-state index is -0.585. The number of halogens is 1. The number of aryl methyl sites for hydroxylation is 2. The smallest absolute Gasteiger partial charge is 0.260 e. The van der Waals surface area contributed by atoms with Gasteiger partial charge in [-0.05, 0) is 43.9 Å². The lowest BCUT2D eigenvalue weighted by atomic mass is 10.0. The van der Waals surface area contributed by atoms with E-state index in [-0.39, 0.29) is 5.56 Å². The summed E-state index contributed by atoms with van der Waals surface area (Å²) in [6.07, 6.45) is 4.25. The Morgan fingerprint density at radius 3 is 2.95 bits per heavy atom. The Bertz CT molecular complexity index is 645. The van der Waals surface area contributed by atoms with Gasteiger partial charge in [0.2, 0.25) is 0 Å². The second-order valence-corrected chi connectivity index (χ2v) is 5.87. The van der Waals surface area contributed by atoms with Crippen LogP contribution in [0.15, 0.2) is 18.2 Å². The molecule has 3 rings (SSSR count). The van der Waals surface area contributed by atoms with E-state index in [1.165, 1.54) is 34.4 Å². The van der Waals surface area contributed by atoms with E-state index in [9.17, 15) is 9.18 Å². The summed E-state index contributed by atoms with van der Waals surface area (Å²) in [5.74, 6) is -1.10. The summed E-state index contributed by atoms with van der Waals surface area (Å²) in [4.78, 5) is 17.7. The van der Waals surface area contributed by atoms with Crippen LogP contribution in [0.4, 0.5) is 15.2 Å². The van der Waals surface area contributed by atoms with Crippen LogP contribution in [0, 0.1) is 5.82 Å². The number of anilines is 2. The molecule has 0 aliphatic heterocycles. The van der Waals surface area contributed by atoms with Crippen molar-refractivity contribution in [3.05, 3.63) is 40.2 Å². The number of fused-ring (bicyclic) bond motifs is 1. The molecule has 1 aliphatic carbocycles.